The molecule has 1 aliphatic rings. The van der Waals surface area contributed by atoms with Gasteiger partial charge in [-0.1, -0.05) is 36.4 Å². The number of carbonyl (C=O) groups is 1. The topological polar surface area (TPSA) is 69.6 Å². The predicted octanol–water partition coefficient (Wildman–Crippen LogP) is 3.85. The molecule has 0 atom stereocenters. The standard InChI is InChI=1S/C21H21N5OS/c1-22-21(24-16-10-6-3-7-11-16)26-13-12-17-18(14-26)28-20(25-17)19(27)23-15-8-4-2-5-9-15/h2-11H,12-14H2,1H3,(H,22,24)(H,23,27). The molecule has 142 valence electrons. The fraction of sp³-hybridized carbons (Fsp3) is 0.190. The summed E-state index contributed by atoms with van der Waals surface area (Å²) in [5.74, 6) is 0.657. The molecule has 1 aromatic heterocycles. The Morgan fingerprint density at radius 1 is 1.04 bits per heavy atom. The highest BCUT2D eigenvalue weighted by Gasteiger charge is 2.25. The minimum atomic E-state index is -0.163. The summed E-state index contributed by atoms with van der Waals surface area (Å²) < 4.78 is 0. The molecule has 0 unspecified atom stereocenters. The first-order chi connectivity index (χ1) is 13.7. The van der Waals surface area contributed by atoms with Crippen molar-refractivity contribution >= 4 is 34.6 Å². The van der Waals surface area contributed by atoms with E-state index in [0.29, 0.717) is 11.6 Å². The summed E-state index contributed by atoms with van der Waals surface area (Å²) in [6, 6.07) is 19.4. The Morgan fingerprint density at radius 3 is 2.32 bits per heavy atom. The van der Waals surface area contributed by atoms with Crippen molar-refractivity contribution in [1.29, 1.82) is 0 Å². The lowest BCUT2D eigenvalue weighted by atomic mass is 10.2. The maximum absolute atomic E-state index is 12.5. The highest BCUT2D eigenvalue weighted by molar-refractivity contribution is 7.13. The summed E-state index contributed by atoms with van der Waals surface area (Å²) in [7, 11) is 1.78. The number of hydrogen-bond acceptors (Lipinski definition) is 4. The second-order valence-corrected chi connectivity index (χ2v) is 7.50. The summed E-state index contributed by atoms with van der Waals surface area (Å²) in [5.41, 5.74) is 2.78. The second-order valence-electron chi connectivity index (χ2n) is 6.42. The number of carbonyl (C=O) groups excluding carboxylic acids is 1. The van der Waals surface area contributed by atoms with Crippen molar-refractivity contribution in [2.75, 3.05) is 24.2 Å². The Hall–Kier alpha value is -3.19. The van der Waals surface area contributed by atoms with Crippen LogP contribution in [-0.2, 0) is 13.0 Å². The molecule has 0 bridgehead atoms. The summed E-state index contributed by atoms with van der Waals surface area (Å²) in [6.07, 6.45) is 0.792. The molecule has 4 rings (SSSR count). The van der Waals surface area contributed by atoms with E-state index in [1.807, 2.05) is 60.7 Å². The first kappa shape index (κ1) is 18.2. The van der Waals surface area contributed by atoms with Crippen LogP contribution in [0.25, 0.3) is 0 Å². The smallest absolute Gasteiger partial charge is 0.284 e. The molecule has 0 saturated heterocycles. The van der Waals surface area contributed by atoms with Crippen LogP contribution < -0.4 is 10.6 Å². The summed E-state index contributed by atoms with van der Waals surface area (Å²) in [6.45, 7) is 1.50. The number of guanidine groups is 1. The van der Waals surface area contributed by atoms with Gasteiger partial charge in [-0.2, -0.15) is 0 Å². The average molecular weight is 392 g/mol. The van der Waals surface area contributed by atoms with Crippen LogP contribution in [0, 0.1) is 0 Å². The highest BCUT2D eigenvalue weighted by atomic mass is 32.1. The molecule has 1 aliphatic heterocycles. The van der Waals surface area contributed by atoms with Crippen LogP contribution in [0.4, 0.5) is 11.4 Å². The lowest BCUT2D eigenvalue weighted by Crippen LogP contribution is -2.39. The number of nitrogens with zero attached hydrogens (tertiary/aromatic N) is 3. The fourth-order valence-corrected chi connectivity index (χ4v) is 4.13. The van der Waals surface area contributed by atoms with Crippen LogP contribution >= 0.6 is 11.3 Å². The molecule has 0 radical (unpaired) electrons. The maximum atomic E-state index is 12.5. The molecule has 6 nitrogen and oxygen atoms in total. The second kappa shape index (κ2) is 8.22. The predicted molar refractivity (Wildman–Crippen MR) is 114 cm³/mol. The number of anilines is 2. The zero-order valence-corrected chi connectivity index (χ0v) is 16.4. The third-order valence-electron chi connectivity index (χ3n) is 4.50. The van der Waals surface area contributed by atoms with E-state index in [0.717, 1.165) is 40.9 Å². The van der Waals surface area contributed by atoms with Gasteiger partial charge in [-0.05, 0) is 24.3 Å². The lowest BCUT2D eigenvalue weighted by Gasteiger charge is -2.29. The largest absolute Gasteiger partial charge is 0.337 e. The van der Waals surface area contributed by atoms with E-state index in [-0.39, 0.29) is 5.91 Å². The number of fused-ring (bicyclic) bond motifs is 1. The molecule has 2 heterocycles. The molecule has 0 fully saturated rings. The quantitative estimate of drug-likeness (QED) is 0.526. The number of benzene rings is 2. The van der Waals surface area contributed by atoms with Crippen molar-refractivity contribution in [3.63, 3.8) is 0 Å². The number of nitrogens with one attached hydrogen (secondary N) is 2. The average Bonchev–Trinajstić information content (AvgIpc) is 3.17. The third kappa shape index (κ3) is 4.04. The maximum Gasteiger partial charge on any atom is 0.284 e. The number of aliphatic imine (C=N–C) groups is 1. The SMILES string of the molecule is CN=C(Nc1ccccc1)N1CCc2nc(C(=O)Nc3ccccc3)sc2C1. The van der Waals surface area contributed by atoms with E-state index < -0.39 is 0 Å². The van der Waals surface area contributed by atoms with Gasteiger partial charge in [-0.15, -0.1) is 11.3 Å². The van der Waals surface area contributed by atoms with E-state index in [1.54, 1.807) is 7.05 Å². The third-order valence-corrected chi connectivity index (χ3v) is 5.58. The van der Waals surface area contributed by atoms with Crippen molar-refractivity contribution in [3.8, 4) is 0 Å². The Kier molecular flexibility index (Phi) is 5.34. The van der Waals surface area contributed by atoms with Gasteiger partial charge in [-0.25, -0.2) is 4.98 Å². The van der Waals surface area contributed by atoms with Crippen LogP contribution in [0.3, 0.4) is 0 Å². The molecule has 3 aromatic rings. The normalized spacial score (nSPS) is 13.8. The number of hydrogen-bond donors (Lipinski definition) is 2. The van der Waals surface area contributed by atoms with Crippen LogP contribution in [0.1, 0.15) is 20.4 Å². The molecule has 0 spiro atoms. The lowest BCUT2D eigenvalue weighted by molar-refractivity contribution is 0.102. The van der Waals surface area contributed by atoms with Crippen LogP contribution in [0.15, 0.2) is 65.7 Å². The summed E-state index contributed by atoms with van der Waals surface area (Å²) >= 11 is 1.45. The van der Waals surface area contributed by atoms with E-state index in [1.165, 1.54) is 11.3 Å². The van der Waals surface area contributed by atoms with E-state index in [2.05, 4.69) is 25.5 Å². The minimum Gasteiger partial charge on any atom is -0.337 e. The van der Waals surface area contributed by atoms with Crippen LogP contribution in [0.5, 0.6) is 0 Å². The minimum absolute atomic E-state index is 0.163. The monoisotopic (exact) mass is 391 g/mol. The van der Waals surface area contributed by atoms with Gasteiger partial charge in [0.2, 0.25) is 0 Å². The van der Waals surface area contributed by atoms with E-state index >= 15 is 0 Å². The first-order valence-corrected chi connectivity index (χ1v) is 9.93. The molecule has 0 saturated carbocycles. The number of amides is 1. The van der Waals surface area contributed by atoms with Crippen molar-refractivity contribution in [2.45, 2.75) is 13.0 Å². The number of rotatable bonds is 3. The molecular weight excluding hydrogens is 370 g/mol. The highest BCUT2D eigenvalue weighted by Crippen LogP contribution is 2.26. The molecular formula is C21H21N5OS. The van der Waals surface area contributed by atoms with Crippen LogP contribution in [0.2, 0.25) is 0 Å². The number of para-hydroxylation sites is 2. The van der Waals surface area contributed by atoms with E-state index in [9.17, 15) is 4.79 Å². The summed E-state index contributed by atoms with van der Waals surface area (Å²) in [4.78, 5) is 24.8. The van der Waals surface area contributed by atoms with E-state index in [4.69, 9.17) is 0 Å². The Morgan fingerprint density at radius 2 is 1.68 bits per heavy atom. The van der Waals surface area contributed by atoms with Gasteiger partial charge in [-0.3, -0.25) is 9.79 Å². The van der Waals surface area contributed by atoms with Gasteiger partial charge in [0, 0.05) is 36.3 Å². The molecule has 2 N–H and O–H groups in total. The Labute approximate surface area is 168 Å². The fourth-order valence-electron chi connectivity index (χ4n) is 3.11. The van der Waals surface area contributed by atoms with Gasteiger partial charge in [0.05, 0.1) is 12.2 Å². The molecule has 7 heteroatoms. The molecule has 1 amide bonds. The van der Waals surface area contributed by atoms with Crippen molar-refractivity contribution in [3.05, 3.63) is 76.2 Å². The van der Waals surface area contributed by atoms with Crippen molar-refractivity contribution in [2.24, 2.45) is 4.99 Å². The van der Waals surface area contributed by atoms with Crippen molar-refractivity contribution in [1.82, 2.24) is 9.88 Å². The molecule has 0 aliphatic carbocycles. The Balaban J connectivity index is 1.46. The van der Waals surface area contributed by atoms with Gasteiger partial charge in [0.15, 0.2) is 11.0 Å². The van der Waals surface area contributed by atoms with Crippen LogP contribution in [-0.4, -0.2) is 35.3 Å². The van der Waals surface area contributed by atoms with Gasteiger partial charge in [0.1, 0.15) is 0 Å². The van der Waals surface area contributed by atoms with Crippen molar-refractivity contribution < 1.29 is 4.79 Å². The molecule has 28 heavy (non-hydrogen) atoms. The zero-order valence-electron chi connectivity index (χ0n) is 15.6. The zero-order chi connectivity index (χ0) is 19.3. The van der Waals surface area contributed by atoms with Gasteiger partial charge >= 0.3 is 0 Å². The number of aromatic nitrogens is 1. The molecule has 2 aromatic carbocycles. The number of thiazole rings is 1. The first-order valence-electron chi connectivity index (χ1n) is 9.11. The van der Waals surface area contributed by atoms with Gasteiger partial charge in [0.25, 0.3) is 5.91 Å². The van der Waals surface area contributed by atoms with Gasteiger partial charge < -0.3 is 15.5 Å². The summed E-state index contributed by atoms with van der Waals surface area (Å²) in [5, 5.41) is 6.78. The Bertz CT molecular complexity index is 985.